The summed E-state index contributed by atoms with van der Waals surface area (Å²) < 4.78 is 3.04. The number of carbonyl (C=O) groups is 1. The molecule has 0 aromatic carbocycles. The van der Waals surface area contributed by atoms with Crippen LogP contribution in [0.15, 0.2) is 16.7 Å². The molecule has 1 fully saturated rings. The number of carbonyl (C=O) groups excluding carboxylic acids is 1. The van der Waals surface area contributed by atoms with E-state index in [1.165, 1.54) is 0 Å². The van der Waals surface area contributed by atoms with Gasteiger partial charge in [0.25, 0.3) is 5.91 Å². The fourth-order valence-electron chi connectivity index (χ4n) is 2.25. The molecule has 0 bridgehead atoms. The topological polar surface area (TPSA) is 45.5 Å². The van der Waals surface area contributed by atoms with Gasteiger partial charge in [0.2, 0.25) is 0 Å². The van der Waals surface area contributed by atoms with Gasteiger partial charge in [0.15, 0.2) is 0 Å². The lowest BCUT2D eigenvalue weighted by Crippen LogP contribution is -2.39. The molecular formula is C14H21BrN2O2. The zero-order chi connectivity index (χ0) is 14.0. The molecule has 1 aromatic rings. The van der Waals surface area contributed by atoms with Gasteiger partial charge in [0.1, 0.15) is 5.69 Å². The summed E-state index contributed by atoms with van der Waals surface area (Å²) >= 11 is 3.45. The van der Waals surface area contributed by atoms with E-state index in [0.717, 1.165) is 23.0 Å². The number of rotatable bonds is 6. The lowest BCUT2D eigenvalue weighted by atomic mass is 10.2. The van der Waals surface area contributed by atoms with Crippen molar-refractivity contribution in [1.82, 2.24) is 9.47 Å². The SMILES string of the molecule is CC(C)N(CCCO)C(=O)c1cc(Br)cn1C1CC1. The molecule has 0 unspecified atom stereocenters. The van der Waals surface area contributed by atoms with E-state index in [2.05, 4.69) is 20.5 Å². The van der Waals surface area contributed by atoms with Crippen LogP contribution in [-0.4, -0.2) is 39.7 Å². The monoisotopic (exact) mass is 328 g/mol. The highest BCUT2D eigenvalue weighted by Gasteiger charge is 2.30. The first-order valence-corrected chi connectivity index (χ1v) is 7.63. The summed E-state index contributed by atoms with van der Waals surface area (Å²) in [6, 6.07) is 2.52. The number of aliphatic hydroxyl groups excluding tert-OH is 1. The molecule has 0 aliphatic heterocycles. The van der Waals surface area contributed by atoms with Gasteiger partial charge in [-0.15, -0.1) is 0 Å². The first-order chi connectivity index (χ1) is 9.04. The second-order valence-electron chi connectivity index (χ2n) is 5.35. The summed E-state index contributed by atoms with van der Waals surface area (Å²) in [6.07, 6.45) is 4.92. The number of nitrogens with zero attached hydrogens (tertiary/aromatic N) is 2. The number of amides is 1. The molecule has 0 radical (unpaired) electrons. The first-order valence-electron chi connectivity index (χ1n) is 6.83. The average molecular weight is 329 g/mol. The third-order valence-electron chi connectivity index (χ3n) is 3.42. The van der Waals surface area contributed by atoms with Gasteiger partial charge in [-0.05, 0) is 55.1 Å². The van der Waals surface area contributed by atoms with Crippen LogP contribution in [0, 0.1) is 0 Å². The summed E-state index contributed by atoms with van der Waals surface area (Å²) in [6.45, 7) is 4.73. The molecule has 1 N–H and O–H groups in total. The molecule has 5 heteroatoms. The van der Waals surface area contributed by atoms with Crippen LogP contribution in [0.25, 0.3) is 0 Å². The van der Waals surface area contributed by atoms with Gasteiger partial charge in [0, 0.05) is 35.9 Å². The molecule has 1 saturated carbocycles. The Morgan fingerprint density at radius 3 is 2.79 bits per heavy atom. The number of hydrogen-bond donors (Lipinski definition) is 1. The van der Waals surface area contributed by atoms with Crippen molar-refractivity contribution < 1.29 is 9.90 Å². The van der Waals surface area contributed by atoms with Crippen LogP contribution in [0.3, 0.4) is 0 Å². The Morgan fingerprint density at radius 2 is 2.26 bits per heavy atom. The Morgan fingerprint density at radius 1 is 1.58 bits per heavy atom. The Kier molecular flexibility index (Phi) is 4.68. The third kappa shape index (κ3) is 3.39. The van der Waals surface area contributed by atoms with Gasteiger partial charge in [-0.2, -0.15) is 0 Å². The van der Waals surface area contributed by atoms with Crippen molar-refractivity contribution >= 4 is 21.8 Å². The van der Waals surface area contributed by atoms with E-state index in [9.17, 15) is 4.79 Å². The Hall–Kier alpha value is -0.810. The van der Waals surface area contributed by atoms with Crippen molar-refractivity contribution in [2.45, 2.75) is 45.2 Å². The molecule has 4 nitrogen and oxygen atoms in total. The molecule has 19 heavy (non-hydrogen) atoms. The van der Waals surface area contributed by atoms with Crippen LogP contribution in [-0.2, 0) is 0 Å². The molecule has 1 amide bonds. The highest BCUT2D eigenvalue weighted by Crippen LogP contribution is 2.37. The zero-order valence-corrected chi connectivity index (χ0v) is 13.1. The van der Waals surface area contributed by atoms with Crippen molar-refractivity contribution in [3.8, 4) is 0 Å². The number of aliphatic hydroxyl groups is 1. The Balaban J connectivity index is 2.20. The molecule has 0 spiro atoms. The molecule has 0 atom stereocenters. The van der Waals surface area contributed by atoms with E-state index in [1.807, 2.05) is 31.0 Å². The molecule has 106 valence electrons. The fourth-order valence-corrected chi connectivity index (χ4v) is 2.69. The minimum atomic E-state index is 0.0565. The van der Waals surface area contributed by atoms with E-state index in [1.54, 1.807) is 0 Å². The van der Waals surface area contributed by atoms with E-state index in [0.29, 0.717) is 19.0 Å². The zero-order valence-electron chi connectivity index (χ0n) is 11.5. The van der Waals surface area contributed by atoms with Gasteiger partial charge in [-0.1, -0.05) is 0 Å². The van der Waals surface area contributed by atoms with E-state index < -0.39 is 0 Å². The molecule has 1 heterocycles. The van der Waals surface area contributed by atoms with Crippen molar-refractivity contribution in [2.24, 2.45) is 0 Å². The third-order valence-corrected chi connectivity index (χ3v) is 3.85. The smallest absolute Gasteiger partial charge is 0.270 e. The second kappa shape index (κ2) is 6.09. The lowest BCUT2D eigenvalue weighted by Gasteiger charge is -2.27. The fraction of sp³-hybridized carbons (Fsp3) is 0.643. The van der Waals surface area contributed by atoms with Gasteiger partial charge < -0.3 is 14.6 Å². The van der Waals surface area contributed by atoms with E-state index >= 15 is 0 Å². The van der Waals surface area contributed by atoms with E-state index in [4.69, 9.17) is 5.11 Å². The Labute approximate surface area is 122 Å². The summed E-state index contributed by atoms with van der Waals surface area (Å²) in [4.78, 5) is 14.5. The quantitative estimate of drug-likeness (QED) is 0.872. The minimum absolute atomic E-state index is 0.0565. The van der Waals surface area contributed by atoms with Crippen LogP contribution in [0.1, 0.15) is 49.6 Å². The van der Waals surface area contributed by atoms with Gasteiger partial charge in [-0.3, -0.25) is 4.79 Å². The maximum absolute atomic E-state index is 12.7. The lowest BCUT2D eigenvalue weighted by molar-refractivity contribution is 0.0682. The number of aromatic nitrogens is 1. The highest BCUT2D eigenvalue weighted by molar-refractivity contribution is 9.10. The predicted molar refractivity (Wildman–Crippen MR) is 78.3 cm³/mol. The molecular weight excluding hydrogens is 308 g/mol. The molecule has 2 rings (SSSR count). The summed E-state index contributed by atoms with van der Waals surface area (Å²) in [5.41, 5.74) is 0.751. The molecule has 1 aliphatic carbocycles. The van der Waals surface area contributed by atoms with Crippen molar-refractivity contribution in [1.29, 1.82) is 0 Å². The molecule has 0 saturated heterocycles. The second-order valence-corrected chi connectivity index (χ2v) is 6.27. The number of hydrogen-bond acceptors (Lipinski definition) is 2. The summed E-state index contributed by atoms with van der Waals surface area (Å²) in [5, 5.41) is 8.96. The maximum Gasteiger partial charge on any atom is 0.270 e. The normalized spacial score (nSPS) is 15.0. The number of halogens is 1. The largest absolute Gasteiger partial charge is 0.396 e. The summed E-state index contributed by atoms with van der Waals surface area (Å²) in [7, 11) is 0. The van der Waals surface area contributed by atoms with Crippen molar-refractivity contribution in [3.63, 3.8) is 0 Å². The maximum atomic E-state index is 12.7. The first kappa shape index (κ1) is 14.6. The molecule has 1 aromatic heterocycles. The van der Waals surface area contributed by atoms with E-state index in [-0.39, 0.29) is 18.6 Å². The minimum Gasteiger partial charge on any atom is -0.396 e. The van der Waals surface area contributed by atoms with Crippen LogP contribution >= 0.6 is 15.9 Å². The van der Waals surface area contributed by atoms with Gasteiger partial charge >= 0.3 is 0 Å². The summed E-state index contributed by atoms with van der Waals surface area (Å²) in [5.74, 6) is 0.0565. The van der Waals surface area contributed by atoms with Gasteiger partial charge in [-0.25, -0.2) is 0 Å². The van der Waals surface area contributed by atoms with Crippen LogP contribution < -0.4 is 0 Å². The average Bonchev–Trinajstić information content (AvgIpc) is 3.12. The van der Waals surface area contributed by atoms with Crippen molar-refractivity contribution in [2.75, 3.05) is 13.2 Å². The van der Waals surface area contributed by atoms with Crippen LogP contribution in [0.5, 0.6) is 0 Å². The molecule has 1 aliphatic rings. The highest BCUT2D eigenvalue weighted by atomic mass is 79.9. The van der Waals surface area contributed by atoms with Crippen LogP contribution in [0.4, 0.5) is 0 Å². The van der Waals surface area contributed by atoms with Crippen LogP contribution in [0.2, 0.25) is 0 Å². The Bertz CT molecular complexity index is 452. The standard InChI is InChI=1S/C14H21BrN2O2/c1-10(2)16(6-3-7-18)14(19)13-8-11(15)9-17(13)12-4-5-12/h8-10,12,18H,3-7H2,1-2H3. The van der Waals surface area contributed by atoms with Gasteiger partial charge in [0.05, 0.1) is 0 Å². The predicted octanol–water partition coefficient (Wildman–Crippen LogP) is 2.82. The van der Waals surface area contributed by atoms with Crippen molar-refractivity contribution in [3.05, 3.63) is 22.4 Å².